The van der Waals surface area contributed by atoms with Gasteiger partial charge in [-0.05, 0) is 54.1 Å². The summed E-state index contributed by atoms with van der Waals surface area (Å²) in [5.74, 6) is -1.13. The van der Waals surface area contributed by atoms with Crippen LogP contribution in [0.4, 0.5) is 0 Å². The first-order valence-corrected chi connectivity index (χ1v) is 13.4. The maximum Gasteiger partial charge on any atom is 0.145 e. The Balaban J connectivity index is 0.000000271. The van der Waals surface area contributed by atoms with Gasteiger partial charge in [-0.15, -0.1) is 0 Å². The zero-order valence-corrected chi connectivity index (χ0v) is 20.6. The Morgan fingerprint density at radius 1 is 0.514 bits per heavy atom. The van der Waals surface area contributed by atoms with Crippen LogP contribution in [0.3, 0.4) is 0 Å². The fourth-order valence-electron chi connectivity index (χ4n) is 4.12. The van der Waals surface area contributed by atoms with Gasteiger partial charge in [-0.1, -0.05) is 109 Å². The molecule has 5 aromatic carbocycles. The number of rotatable bonds is 5. The molecule has 35 heavy (non-hydrogen) atoms. The van der Waals surface area contributed by atoms with Crippen molar-refractivity contribution in [3.63, 3.8) is 0 Å². The molecular weight excluding hydrogens is 471 g/mol. The maximum atomic E-state index is 10.1. The maximum absolute atomic E-state index is 10.1. The zero-order valence-electron chi connectivity index (χ0n) is 19.0. The summed E-state index contributed by atoms with van der Waals surface area (Å²) in [6.45, 7) is 0. The van der Waals surface area contributed by atoms with Gasteiger partial charge in [0.1, 0.15) is 28.5 Å². The Bertz CT molecular complexity index is 1260. The Kier molecular flexibility index (Phi) is 8.11. The number of hydrogen-bond acceptors (Lipinski definition) is 2. The van der Waals surface area contributed by atoms with Gasteiger partial charge in [0.25, 0.3) is 0 Å². The molecule has 0 N–H and O–H groups in total. The van der Waals surface area contributed by atoms with E-state index in [1.54, 1.807) is 18.2 Å². The average Bonchev–Trinajstić information content (AvgIpc) is 2.93. The Labute approximate surface area is 211 Å². The lowest BCUT2D eigenvalue weighted by Crippen LogP contribution is -2.39. The van der Waals surface area contributed by atoms with Gasteiger partial charge in [-0.25, -0.2) is 0 Å². The summed E-state index contributed by atoms with van der Waals surface area (Å²) < 4.78 is 0. The fourth-order valence-corrected chi connectivity index (χ4v) is 8.92. The van der Waals surface area contributed by atoms with Crippen molar-refractivity contribution in [2.24, 2.45) is 0 Å². The third kappa shape index (κ3) is 5.35. The Morgan fingerprint density at radius 2 is 0.857 bits per heavy atom. The van der Waals surface area contributed by atoms with Crippen LogP contribution in [-0.2, 0) is 0 Å². The zero-order chi connectivity index (χ0) is 24.5. The van der Waals surface area contributed by atoms with Gasteiger partial charge in [0.05, 0.1) is 11.0 Å². The van der Waals surface area contributed by atoms with Crippen molar-refractivity contribution in [2.75, 3.05) is 0 Å². The Morgan fingerprint density at radius 3 is 1.20 bits per heavy atom. The molecule has 5 aromatic rings. The molecular formula is C31H24ClO2P. The lowest BCUT2D eigenvalue weighted by molar-refractivity contribution is -0.255. The first-order chi connectivity index (χ1) is 17.1. The van der Waals surface area contributed by atoms with E-state index in [1.807, 2.05) is 12.1 Å². The van der Waals surface area contributed by atoms with Gasteiger partial charge in [0, 0.05) is 0 Å². The number of carboxylic acid groups (broad SMARTS) is 1. The summed E-state index contributed by atoms with van der Waals surface area (Å²) in [5.41, 5.74) is 0.220. The van der Waals surface area contributed by atoms with Gasteiger partial charge >= 0.3 is 0 Å². The van der Waals surface area contributed by atoms with Gasteiger partial charge in [0.2, 0.25) is 0 Å². The van der Waals surface area contributed by atoms with Gasteiger partial charge < -0.3 is 9.90 Å². The minimum Gasteiger partial charge on any atom is -0.545 e. The van der Waals surface area contributed by atoms with E-state index >= 15 is 0 Å². The molecule has 4 heteroatoms. The molecule has 0 aliphatic rings. The molecule has 172 valence electrons. The highest BCUT2D eigenvalue weighted by Crippen LogP contribution is 2.55. The van der Waals surface area contributed by atoms with E-state index in [-0.39, 0.29) is 5.56 Å². The average molecular weight is 495 g/mol. The standard InChI is InChI=1S/C24H19ClP.C7H6O2/c25-23-18-10-11-19-24(23)26(20-12-4-1-5-13-20,21-14-6-2-7-15-21)22-16-8-3-9-17-22;8-7(9)6-4-2-1-3-5-6/h1-19H;1-5H,(H,8,9)/q+1;/p-1. The molecule has 0 fully saturated rings. The normalized spacial score (nSPS) is 10.7. The SMILES string of the molecule is Clc1ccccc1[P+](c1ccccc1)(c1ccccc1)c1ccccc1.O=C([O-])c1ccccc1. The van der Waals surface area contributed by atoms with Crippen molar-refractivity contribution in [3.05, 3.63) is 156 Å². The minimum atomic E-state index is -2.08. The monoisotopic (exact) mass is 494 g/mol. The molecule has 2 nitrogen and oxygen atoms in total. The first-order valence-electron chi connectivity index (χ1n) is 11.2. The number of halogens is 1. The van der Waals surface area contributed by atoms with Crippen LogP contribution in [0, 0.1) is 0 Å². The quantitative estimate of drug-likeness (QED) is 0.322. The molecule has 0 radical (unpaired) electrons. The van der Waals surface area contributed by atoms with E-state index in [1.165, 1.54) is 33.4 Å². The molecule has 0 aliphatic heterocycles. The summed E-state index contributed by atoms with van der Waals surface area (Å²) in [4.78, 5) is 10.1. The highest BCUT2D eigenvalue weighted by atomic mass is 35.5. The second kappa shape index (κ2) is 11.6. The number of aromatic carboxylic acids is 1. The molecule has 0 aliphatic carbocycles. The van der Waals surface area contributed by atoms with E-state index in [4.69, 9.17) is 11.6 Å². The number of carbonyl (C=O) groups excluding carboxylic acids is 1. The highest BCUT2D eigenvalue weighted by Gasteiger charge is 2.48. The molecule has 0 unspecified atom stereocenters. The molecule has 0 saturated carbocycles. The third-order valence-electron chi connectivity index (χ3n) is 5.65. The van der Waals surface area contributed by atoms with Crippen LogP contribution in [0.5, 0.6) is 0 Å². The summed E-state index contributed by atoms with van der Waals surface area (Å²) in [5, 5.41) is 16.0. The third-order valence-corrected chi connectivity index (χ3v) is 10.4. The van der Waals surface area contributed by atoms with E-state index in [0.29, 0.717) is 0 Å². The minimum absolute atomic E-state index is 0.220. The molecule has 0 atom stereocenters. The Hall–Kier alpha value is -3.71. The van der Waals surface area contributed by atoms with Crippen LogP contribution in [0.15, 0.2) is 146 Å². The molecule has 0 heterocycles. The van der Waals surface area contributed by atoms with Crippen LogP contribution in [0.25, 0.3) is 0 Å². The number of carboxylic acids is 1. The van der Waals surface area contributed by atoms with Crippen LogP contribution in [-0.4, -0.2) is 5.97 Å². The predicted molar refractivity (Wildman–Crippen MR) is 147 cm³/mol. The molecule has 0 aromatic heterocycles. The number of benzene rings is 5. The molecule has 0 spiro atoms. The van der Waals surface area contributed by atoms with Crippen LogP contribution in [0.2, 0.25) is 5.02 Å². The van der Waals surface area contributed by atoms with Crippen LogP contribution >= 0.6 is 18.9 Å². The van der Waals surface area contributed by atoms with Crippen molar-refractivity contribution in [1.82, 2.24) is 0 Å². The van der Waals surface area contributed by atoms with E-state index in [9.17, 15) is 9.90 Å². The molecule has 0 bridgehead atoms. The van der Waals surface area contributed by atoms with Crippen molar-refractivity contribution in [1.29, 1.82) is 0 Å². The summed E-state index contributed by atoms with van der Waals surface area (Å²) in [6, 6.07) is 48.7. The van der Waals surface area contributed by atoms with Crippen molar-refractivity contribution in [3.8, 4) is 0 Å². The summed E-state index contributed by atoms with van der Waals surface area (Å²) in [7, 11) is -2.08. The lowest BCUT2D eigenvalue weighted by atomic mass is 10.2. The summed E-state index contributed by atoms with van der Waals surface area (Å²) >= 11 is 6.79. The van der Waals surface area contributed by atoms with Crippen molar-refractivity contribution >= 4 is 46.1 Å². The number of hydrogen-bond donors (Lipinski definition) is 0. The highest BCUT2D eigenvalue weighted by molar-refractivity contribution is 8.01. The van der Waals surface area contributed by atoms with E-state index in [0.717, 1.165) is 5.02 Å². The van der Waals surface area contributed by atoms with Crippen molar-refractivity contribution in [2.45, 2.75) is 0 Å². The van der Waals surface area contributed by atoms with Gasteiger partial charge in [-0.3, -0.25) is 0 Å². The van der Waals surface area contributed by atoms with E-state index < -0.39 is 13.2 Å². The van der Waals surface area contributed by atoms with Crippen molar-refractivity contribution < 1.29 is 9.90 Å². The van der Waals surface area contributed by atoms with Crippen LogP contribution in [0.1, 0.15) is 10.4 Å². The second-order valence-corrected chi connectivity index (χ2v) is 11.6. The van der Waals surface area contributed by atoms with Crippen LogP contribution < -0.4 is 26.3 Å². The smallest absolute Gasteiger partial charge is 0.145 e. The molecule has 5 rings (SSSR count). The molecule has 0 saturated heterocycles. The van der Waals surface area contributed by atoms with Gasteiger partial charge in [0.15, 0.2) is 0 Å². The second-order valence-electron chi connectivity index (χ2n) is 7.78. The molecule has 0 amide bonds. The van der Waals surface area contributed by atoms with E-state index in [2.05, 4.69) is 103 Å². The summed E-state index contributed by atoms with van der Waals surface area (Å²) in [6.07, 6.45) is 0. The topological polar surface area (TPSA) is 40.1 Å². The fraction of sp³-hybridized carbons (Fsp3) is 0. The first kappa shape index (κ1) is 24.4. The number of carbonyl (C=O) groups is 1. The predicted octanol–water partition coefficient (Wildman–Crippen LogP) is 5.01. The van der Waals surface area contributed by atoms with Gasteiger partial charge in [-0.2, -0.15) is 0 Å². The largest absolute Gasteiger partial charge is 0.545 e. The lowest BCUT2D eigenvalue weighted by Gasteiger charge is -2.28.